The van der Waals surface area contributed by atoms with Crippen LogP contribution < -0.4 is 0 Å². The van der Waals surface area contributed by atoms with Gasteiger partial charge in [0.1, 0.15) is 5.76 Å². The molecule has 0 saturated heterocycles. The molecule has 1 unspecified atom stereocenters. The first-order chi connectivity index (χ1) is 14.5. The molecular formula is C23H29F3O4S. The van der Waals surface area contributed by atoms with Gasteiger partial charge in [-0.15, -0.1) is 11.8 Å². The zero-order chi connectivity index (χ0) is 23.4. The standard InChI is InChI=1S/C23H29F3O4S/c1-5-29-20(12-9-18-7-10-19(11-8-18)23(24,25)26)15-31-17(4)6-13-21(16(2)3)30-14-22(27)28/h6-8,10-11,13,20H,2,5,9,12,14-15H2,1,3-4H3,(H,27,28)/b17-6+,21-13+. The van der Waals surface area contributed by atoms with Crippen LogP contribution in [-0.2, 0) is 26.9 Å². The Morgan fingerprint density at radius 2 is 1.87 bits per heavy atom. The van der Waals surface area contributed by atoms with Crippen LogP contribution in [0.2, 0.25) is 0 Å². The van der Waals surface area contributed by atoms with Crippen LogP contribution in [0.3, 0.4) is 0 Å². The maximum atomic E-state index is 12.7. The monoisotopic (exact) mass is 458 g/mol. The van der Waals surface area contributed by atoms with Crippen molar-refractivity contribution in [1.82, 2.24) is 0 Å². The molecule has 1 aromatic carbocycles. The van der Waals surface area contributed by atoms with Gasteiger partial charge in [0.25, 0.3) is 0 Å². The van der Waals surface area contributed by atoms with Crippen LogP contribution in [-0.4, -0.2) is 36.1 Å². The summed E-state index contributed by atoms with van der Waals surface area (Å²) in [5.41, 5.74) is 0.807. The molecule has 1 rings (SSSR count). The van der Waals surface area contributed by atoms with Crippen LogP contribution in [0.25, 0.3) is 0 Å². The van der Waals surface area contributed by atoms with Gasteiger partial charge in [-0.3, -0.25) is 0 Å². The summed E-state index contributed by atoms with van der Waals surface area (Å²) in [6, 6.07) is 5.21. The SMILES string of the molecule is C=C(C)/C(=C\C=C(/C)SCC(CCc1ccc(C(F)(F)F)cc1)OCC)OCC(=O)O. The predicted molar refractivity (Wildman–Crippen MR) is 118 cm³/mol. The summed E-state index contributed by atoms with van der Waals surface area (Å²) < 4.78 is 49.0. The smallest absolute Gasteiger partial charge is 0.416 e. The van der Waals surface area contributed by atoms with Crippen molar-refractivity contribution >= 4 is 17.7 Å². The Morgan fingerprint density at radius 3 is 2.39 bits per heavy atom. The van der Waals surface area contributed by atoms with Gasteiger partial charge in [0, 0.05) is 12.4 Å². The number of hydrogen-bond acceptors (Lipinski definition) is 4. The molecule has 0 aromatic heterocycles. The van der Waals surface area contributed by atoms with E-state index in [4.69, 9.17) is 14.6 Å². The van der Waals surface area contributed by atoms with Gasteiger partial charge in [0.05, 0.1) is 11.7 Å². The molecule has 1 aromatic rings. The van der Waals surface area contributed by atoms with E-state index in [0.29, 0.717) is 36.5 Å². The number of carboxylic acid groups (broad SMARTS) is 1. The Hall–Kier alpha value is -2.19. The lowest BCUT2D eigenvalue weighted by Crippen LogP contribution is -2.17. The zero-order valence-electron chi connectivity index (χ0n) is 18.0. The van der Waals surface area contributed by atoms with Crippen molar-refractivity contribution in [3.05, 3.63) is 70.4 Å². The summed E-state index contributed by atoms with van der Waals surface area (Å²) in [7, 11) is 0. The van der Waals surface area contributed by atoms with Gasteiger partial charge in [-0.1, -0.05) is 18.7 Å². The molecule has 0 saturated carbocycles. The Bertz CT molecular complexity index is 783. The van der Waals surface area contributed by atoms with Crippen LogP contribution in [0, 0.1) is 0 Å². The largest absolute Gasteiger partial charge is 0.482 e. The van der Waals surface area contributed by atoms with Gasteiger partial charge >= 0.3 is 12.1 Å². The minimum atomic E-state index is -4.33. The van der Waals surface area contributed by atoms with E-state index in [1.54, 1.807) is 24.8 Å². The maximum Gasteiger partial charge on any atom is 0.416 e. The van der Waals surface area contributed by atoms with Crippen molar-refractivity contribution in [3.63, 3.8) is 0 Å². The Kier molecular flexibility index (Phi) is 11.5. The van der Waals surface area contributed by atoms with E-state index < -0.39 is 24.3 Å². The summed E-state index contributed by atoms with van der Waals surface area (Å²) in [6.45, 7) is 9.45. The first-order valence-electron chi connectivity index (χ1n) is 9.82. The molecule has 8 heteroatoms. The van der Waals surface area contributed by atoms with Crippen molar-refractivity contribution in [1.29, 1.82) is 0 Å². The number of carboxylic acids is 1. The number of hydrogen-bond donors (Lipinski definition) is 1. The molecule has 0 radical (unpaired) electrons. The number of benzene rings is 1. The lowest BCUT2D eigenvalue weighted by Gasteiger charge is -2.17. The van der Waals surface area contributed by atoms with Gasteiger partial charge in [-0.2, -0.15) is 13.2 Å². The number of alkyl halides is 3. The van der Waals surface area contributed by atoms with Gasteiger partial charge in [-0.05, 0) is 73.9 Å². The molecule has 4 nitrogen and oxygen atoms in total. The molecule has 172 valence electrons. The molecular weight excluding hydrogens is 429 g/mol. The van der Waals surface area contributed by atoms with Crippen molar-refractivity contribution in [2.75, 3.05) is 19.0 Å². The number of halogens is 3. The Labute approximate surface area is 185 Å². The highest BCUT2D eigenvalue weighted by molar-refractivity contribution is 8.03. The highest BCUT2D eigenvalue weighted by Gasteiger charge is 2.29. The molecule has 31 heavy (non-hydrogen) atoms. The molecule has 0 aliphatic carbocycles. The topological polar surface area (TPSA) is 55.8 Å². The van der Waals surface area contributed by atoms with E-state index in [-0.39, 0.29) is 6.10 Å². The Morgan fingerprint density at radius 1 is 1.23 bits per heavy atom. The van der Waals surface area contributed by atoms with Crippen molar-refractivity contribution in [3.8, 4) is 0 Å². The van der Waals surface area contributed by atoms with Gasteiger partial charge in [0.2, 0.25) is 0 Å². The molecule has 1 atom stereocenters. The quantitative estimate of drug-likeness (QED) is 0.280. The molecule has 0 bridgehead atoms. The van der Waals surface area contributed by atoms with Crippen LogP contribution in [0.4, 0.5) is 13.2 Å². The highest BCUT2D eigenvalue weighted by Crippen LogP contribution is 2.29. The normalized spacial score (nSPS) is 13.7. The second-order valence-electron chi connectivity index (χ2n) is 6.89. The zero-order valence-corrected chi connectivity index (χ0v) is 18.8. The van der Waals surface area contributed by atoms with Crippen LogP contribution >= 0.6 is 11.8 Å². The first kappa shape index (κ1) is 26.8. The number of ether oxygens (including phenoxy) is 2. The van der Waals surface area contributed by atoms with Gasteiger partial charge in [-0.25, -0.2) is 4.79 Å². The third kappa shape index (κ3) is 11.1. The van der Waals surface area contributed by atoms with Gasteiger partial charge < -0.3 is 14.6 Å². The fourth-order valence-corrected chi connectivity index (χ4v) is 3.43. The van der Waals surface area contributed by atoms with E-state index >= 15 is 0 Å². The summed E-state index contributed by atoms with van der Waals surface area (Å²) >= 11 is 1.58. The average Bonchev–Trinajstić information content (AvgIpc) is 2.69. The number of aliphatic carboxylic acids is 1. The summed E-state index contributed by atoms with van der Waals surface area (Å²) in [5, 5.41) is 8.73. The van der Waals surface area contributed by atoms with Gasteiger partial charge in [0.15, 0.2) is 6.61 Å². The van der Waals surface area contributed by atoms with Crippen LogP contribution in [0.15, 0.2) is 59.2 Å². The van der Waals surface area contributed by atoms with E-state index in [0.717, 1.165) is 22.6 Å². The average molecular weight is 459 g/mol. The second kappa shape index (κ2) is 13.3. The number of allylic oxidation sites excluding steroid dienone is 4. The summed E-state index contributed by atoms with van der Waals surface area (Å²) in [4.78, 5) is 11.6. The second-order valence-corrected chi connectivity index (χ2v) is 8.16. The van der Waals surface area contributed by atoms with E-state index in [9.17, 15) is 18.0 Å². The molecule has 0 fully saturated rings. The lowest BCUT2D eigenvalue weighted by atomic mass is 10.1. The highest BCUT2D eigenvalue weighted by atomic mass is 32.2. The number of rotatable bonds is 13. The van der Waals surface area contributed by atoms with E-state index in [2.05, 4.69) is 6.58 Å². The molecule has 0 aliphatic heterocycles. The lowest BCUT2D eigenvalue weighted by molar-refractivity contribution is -0.140. The third-order valence-electron chi connectivity index (χ3n) is 4.18. The van der Waals surface area contributed by atoms with Crippen molar-refractivity contribution in [2.45, 2.75) is 45.9 Å². The minimum absolute atomic E-state index is 0.0477. The van der Waals surface area contributed by atoms with Crippen molar-refractivity contribution in [2.24, 2.45) is 0 Å². The third-order valence-corrected chi connectivity index (χ3v) is 5.31. The number of carbonyl (C=O) groups is 1. The number of aryl methyl sites for hydroxylation is 1. The van der Waals surface area contributed by atoms with Crippen LogP contribution in [0.5, 0.6) is 0 Å². The Balaban J connectivity index is 2.63. The fraction of sp³-hybridized carbons (Fsp3) is 0.435. The molecule has 0 amide bonds. The minimum Gasteiger partial charge on any atom is -0.482 e. The summed E-state index contributed by atoms with van der Waals surface area (Å²) in [5.74, 6) is 0.0316. The van der Waals surface area contributed by atoms with E-state index in [1.807, 2.05) is 19.9 Å². The maximum absolute atomic E-state index is 12.7. The number of thioether (sulfide) groups is 1. The fourth-order valence-electron chi connectivity index (χ4n) is 2.56. The molecule has 1 N–H and O–H groups in total. The molecule has 0 spiro atoms. The summed E-state index contributed by atoms with van der Waals surface area (Å²) in [6.07, 6.45) is 0.446. The van der Waals surface area contributed by atoms with Crippen LogP contribution in [0.1, 0.15) is 38.3 Å². The predicted octanol–water partition coefficient (Wildman–Crippen LogP) is 6.24. The van der Waals surface area contributed by atoms with Crippen molar-refractivity contribution < 1.29 is 32.5 Å². The van der Waals surface area contributed by atoms with E-state index in [1.165, 1.54) is 12.1 Å². The molecule has 0 heterocycles. The first-order valence-corrected chi connectivity index (χ1v) is 10.8. The molecule has 0 aliphatic rings.